The number of thiazole rings is 1. The van der Waals surface area contributed by atoms with E-state index in [4.69, 9.17) is 11.6 Å². The van der Waals surface area contributed by atoms with Gasteiger partial charge in [0.2, 0.25) is 0 Å². The summed E-state index contributed by atoms with van der Waals surface area (Å²) in [5.74, 6) is 0.820. The predicted octanol–water partition coefficient (Wildman–Crippen LogP) is 4.17. The van der Waals surface area contributed by atoms with E-state index in [0.717, 1.165) is 47.7 Å². The normalized spacial score (nSPS) is 11.0. The minimum atomic E-state index is 0. The highest BCUT2D eigenvalue weighted by Gasteiger charge is 2.04. The molecule has 0 aliphatic carbocycles. The number of hydrogen-bond donors (Lipinski definition) is 2. The van der Waals surface area contributed by atoms with Gasteiger partial charge in [-0.15, -0.1) is 35.3 Å². The minimum absolute atomic E-state index is 0. The Morgan fingerprint density at radius 2 is 2.04 bits per heavy atom. The third-order valence-electron chi connectivity index (χ3n) is 3.54. The first-order chi connectivity index (χ1) is 12.1. The number of aliphatic imine (C=N–C) groups is 1. The molecule has 144 valence electrons. The van der Waals surface area contributed by atoms with E-state index in [-0.39, 0.29) is 24.0 Å². The molecule has 1 aromatic heterocycles. The standard InChI is InChI=1S/C18H26ClN5S.HI/c1-4-20-17(22-12-15-13-25-18(23-15)24(2)3)21-11-7-9-14-8-5-6-10-16(14)19;/h5-6,8,10,13H,4,7,9,11-12H2,1-3H3,(H2,20,21,22);1H. The summed E-state index contributed by atoms with van der Waals surface area (Å²) >= 11 is 7.83. The fraction of sp³-hybridized carbons (Fsp3) is 0.444. The van der Waals surface area contributed by atoms with E-state index in [1.165, 1.54) is 5.56 Å². The van der Waals surface area contributed by atoms with Crippen LogP contribution in [0, 0.1) is 0 Å². The van der Waals surface area contributed by atoms with Crippen molar-refractivity contribution in [3.05, 3.63) is 45.9 Å². The SMILES string of the molecule is CCNC(=NCc1csc(N(C)C)n1)NCCCc1ccccc1Cl.I. The van der Waals surface area contributed by atoms with Crippen molar-refractivity contribution in [3.63, 3.8) is 0 Å². The molecular weight excluding hydrogens is 481 g/mol. The quantitative estimate of drug-likeness (QED) is 0.244. The van der Waals surface area contributed by atoms with Crippen molar-refractivity contribution in [1.82, 2.24) is 15.6 Å². The van der Waals surface area contributed by atoms with Crippen LogP contribution in [0.5, 0.6) is 0 Å². The lowest BCUT2D eigenvalue weighted by Gasteiger charge is -2.11. The monoisotopic (exact) mass is 507 g/mol. The maximum Gasteiger partial charge on any atom is 0.191 e. The molecule has 0 saturated heterocycles. The van der Waals surface area contributed by atoms with Crippen molar-refractivity contribution in [2.75, 3.05) is 32.1 Å². The van der Waals surface area contributed by atoms with Crippen LogP contribution in [-0.4, -0.2) is 38.1 Å². The van der Waals surface area contributed by atoms with Crippen LogP contribution in [0.3, 0.4) is 0 Å². The molecule has 2 rings (SSSR count). The lowest BCUT2D eigenvalue weighted by molar-refractivity contribution is 0.743. The van der Waals surface area contributed by atoms with E-state index in [9.17, 15) is 0 Å². The van der Waals surface area contributed by atoms with Crippen LogP contribution in [0.25, 0.3) is 0 Å². The number of nitrogens with zero attached hydrogens (tertiary/aromatic N) is 3. The van der Waals surface area contributed by atoms with Gasteiger partial charge >= 0.3 is 0 Å². The van der Waals surface area contributed by atoms with Gasteiger partial charge in [0, 0.05) is 37.6 Å². The van der Waals surface area contributed by atoms with Crippen molar-refractivity contribution >= 4 is 58.0 Å². The molecule has 0 bridgehead atoms. The average Bonchev–Trinajstić information content (AvgIpc) is 3.07. The maximum absolute atomic E-state index is 6.19. The largest absolute Gasteiger partial charge is 0.357 e. The van der Waals surface area contributed by atoms with Gasteiger partial charge in [0.05, 0.1) is 12.2 Å². The van der Waals surface area contributed by atoms with Crippen LogP contribution >= 0.6 is 46.9 Å². The molecular formula is C18H27ClIN5S. The molecule has 0 radical (unpaired) electrons. The van der Waals surface area contributed by atoms with Crippen LogP contribution in [-0.2, 0) is 13.0 Å². The number of benzene rings is 1. The van der Waals surface area contributed by atoms with Crippen molar-refractivity contribution in [2.24, 2.45) is 4.99 Å². The second-order valence-corrected chi connectivity index (χ2v) is 7.08. The first-order valence-electron chi connectivity index (χ1n) is 8.47. The molecule has 5 nitrogen and oxygen atoms in total. The van der Waals surface area contributed by atoms with E-state index in [0.29, 0.717) is 6.54 Å². The van der Waals surface area contributed by atoms with Gasteiger partial charge < -0.3 is 15.5 Å². The van der Waals surface area contributed by atoms with Crippen LogP contribution in [0.1, 0.15) is 24.6 Å². The molecule has 8 heteroatoms. The summed E-state index contributed by atoms with van der Waals surface area (Å²) in [6.45, 7) is 4.31. The lowest BCUT2D eigenvalue weighted by atomic mass is 10.1. The highest BCUT2D eigenvalue weighted by Crippen LogP contribution is 2.18. The van der Waals surface area contributed by atoms with Crippen molar-refractivity contribution in [3.8, 4) is 0 Å². The summed E-state index contributed by atoms with van der Waals surface area (Å²) < 4.78 is 0. The number of rotatable bonds is 8. The Bertz CT molecular complexity index is 690. The van der Waals surface area contributed by atoms with Gasteiger partial charge in [-0.1, -0.05) is 29.8 Å². The zero-order valence-corrected chi connectivity index (χ0v) is 19.4. The number of aryl methyl sites for hydroxylation is 1. The van der Waals surface area contributed by atoms with Crippen molar-refractivity contribution in [2.45, 2.75) is 26.3 Å². The van der Waals surface area contributed by atoms with Gasteiger partial charge in [-0.3, -0.25) is 0 Å². The Hall–Kier alpha value is -1.06. The Morgan fingerprint density at radius 3 is 2.69 bits per heavy atom. The van der Waals surface area contributed by atoms with E-state index >= 15 is 0 Å². The molecule has 2 N–H and O–H groups in total. The molecule has 0 unspecified atom stereocenters. The van der Waals surface area contributed by atoms with Crippen molar-refractivity contribution < 1.29 is 0 Å². The molecule has 2 aromatic rings. The summed E-state index contributed by atoms with van der Waals surface area (Å²) in [7, 11) is 3.99. The number of anilines is 1. The smallest absolute Gasteiger partial charge is 0.191 e. The van der Waals surface area contributed by atoms with Crippen LogP contribution in [0.2, 0.25) is 5.02 Å². The first-order valence-corrected chi connectivity index (χ1v) is 9.73. The Kier molecular flexibility index (Phi) is 10.9. The van der Waals surface area contributed by atoms with Gasteiger partial charge in [-0.2, -0.15) is 0 Å². The summed E-state index contributed by atoms with van der Waals surface area (Å²) in [6.07, 6.45) is 1.94. The minimum Gasteiger partial charge on any atom is -0.357 e. The van der Waals surface area contributed by atoms with Gasteiger partial charge in [0.25, 0.3) is 0 Å². The van der Waals surface area contributed by atoms with Crippen LogP contribution in [0.4, 0.5) is 5.13 Å². The van der Waals surface area contributed by atoms with Crippen LogP contribution < -0.4 is 15.5 Å². The third-order valence-corrected chi connectivity index (χ3v) is 4.96. The summed E-state index contributed by atoms with van der Waals surface area (Å²) in [5, 5.41) is 10.5. The van der Waals surface area contributed by atoms with E-state index in [2.05, 4.69) is 39.0 Å². The molecule has 0 fully saturated rings. The van der Waals surface area contributed by atoms with Crippen LogP contribution in [0.15, 0.2) is 34.6 Å². The molecule has 1 aromatic carbocycles. The Labute approximate surface area is 182 Å². The van der Waals surface area contributed by atoms with Crippen molar-refractivity contribution in [1.29, 1.82) is 0 Å². The Balaban J connectivity index is 0.00000338. The first kappa shape index (κ1) is 23.0. The van der Waals surface area contributed by atoms with E-state index < -0.39 is 0 Å². The maximum atomic E-state index is 6.19. The molecule has 26 heavy (non-hydrogen) atoms. The second-order valence-electron chi connectivity index (χ2n) is 5.83. The number of halogens is 2. The summed E-state index contributed by atoms with van der Waals surface area (Å²) in [4.78, 5) is 11.2. The molecule has 1 heterocycles. The zero-order valence-electron chi connectivity index (χ0n) is 15.5. The third kappa shape index (κ3) is 7.67. The molecule has 0 amide bonds. The van der Waals surface area contributed by atoms with Gasteiger partial charge in [0.15, 0.2) is 11.1 Å². The molecule has 0 aliphatic heterocycles. The average molecular weight is 508 g/mol. The topological polar surface area (TPSA) is 52.6 Å². The Morgan fingerprint density at radius 1 is 1.27 bits per heavy atom. The van der Waals surface area contributed by atoms with Gasteiger partial charge in [-0.25, -0.2) is 9.98 Å². The molecule has 0 aliphatic rings. The number of guanidine groups is 1. The van der Waals surface area contributed by atoms with Gasteiger partial charge in [-0.05, 0) is 31.4 Å². The van der Waals surface area contributed by atoms with E-state index in [1.54, 1.807) is 11.3 Å². The highest BCUT2D eigenvalue weighted by molar-refractivity contribution is 14.0. The predicted molar refractivity (Wildman–Crippen MR) is 124 cm³/mol. The molecule has 0 atom stereocenters. The number of nitrogens with one attached hydrogen (secondary N) is 2. The molecule has 0 saturated carbocycles. The second kappa shape index (κ2) is 12.3. The highest BCUT2D eigenvalue weighted by atomic mass is 127. The number of hydrogen-bond acceptors (Lipinski definition) is 4. The summed E-state index contributed by atoms with van der Waals surface area (Å²) in [6, 6.07) is 7.99. The fourth-order valence-corrected chi connectivity index (χ4v) is 3.24. The molecule has 0 spiro atoms. The van der Waals surface area contributed by atoms with E-state index in [1.807, 2.05) is 37.2 Å². The summed E-state index contributed by atoms with van der Waals surface area (Å²) in [5.41, 5.74) is 2.17. The lowest BCUT2D eigenvalue weighted by Crippen LogP contribution is -2.37. The fourth-order valence-electron chi connectivity index (χ4n) is 2.26. The van der Waals surface area contributed by atoms with Gasteiger partial charge in [0.1, 0.15) is 0 Å². The zero-order chi connectivity index (χ0) is 18.1. The number of aromatic nitrogens is 1.